The van der Waals surface area contributed by atoms with Gasteiger partial charge in [0.2, 0.25) is 0 Å². The Bertz CT molecular complexity index is 1650. The maximum absolute atomic E-state index is 15.0. The largest absolute Gasteiger partial charge is 0.507 e. The third kappa shape index (κ3) is 8.67. The normalized spacial score (nSPS) is 17.4. The highest BCUT2D eigenvalue weighted by atomic mass is 32.2. The third-order valence-electron chi connectivity index (χ3n) is 9.62. The van der Waals surface area contributed by atoms with Crippen molar-refractivity contribution in [3.8, 4) is 33.8 Å². The zero-order chi connectivity index (χ0) is 36.4. The Balaban J connectivity index is 1.46. The number of thioether (sulfide) groups is 2. The highest BCUT2D eigenvalue weighted by molar-refractivity contribution is 8.03. The van der Waals surface area contributed by atoms with E-state index in [2.05, 4.69) is 0 Å². The molecule has 2 N–H and O–H groups in total. The molecule has 1 saturated carbocycles. The molecule has 50 heavy (non-hydrogen) atoms. The van der Waals surface area contributed by atoms with Crippen LogP contribution in [0.2, 0.25) is 0 Å². The van der Waals surface area contributed by atoms with Crippen molar-refractivity contribution < 1.29 is 27.8 Å². The molecule has 4 aromatic rings. The summed E-state index contributed by atoms with van der Waals surface area (Å²) in [6, 6.07) is 14.8. The fraction of sp³-hybridized carbons (Fsp3) is 0.429. The highest BCUT2D eigenvalue weighted by Gasteiger charge is 2.29. The number of phenolic OH excluding ortho intramolecular Hbond substituents is 2. The fourth-order valence-electron chi connectivity index (χ4n) is 6.56. The number of hydrogen-bond acceptors (Lipinski definition) is 4. The van der Waals surface area contributed by atoms with E-state index in [4.69, 9.17) is 0 Å². The van der Waals surface area contributed by atoms with Gasteiger partial charge < -0.3 is 10.2 Å². The van der Waals surface area contributed by atoms with E-state index in [1.807, 2.05) is 53.7 Å². The van der Waals surface area contributed by atoms with Gasteiger partial charge in [0.1, 0.15) is 34.8 Å². The molecule has 0 heterocycles. The summed E-state index contributed by atoms with van der Waals surface area (Å²) in [7, 11) is 0. The molecule has 1 aliphatic rings. The second-order valence-electron chi connectivity index (χ2n) is 15.4. The van der Waals surface area contributed by atoms with Crippen LogP contribution in [0.15, 0.2) is 60.7 Å². The summed E-state index contributed by atoms with van der Waals surface area (Å²) in [4.78, 5) is 0. The van der Waals surface area contributed by atoms with Crippen LogP contribution in [-0.2, 0) is 22.3 Å². The van der Waals surface area contributed by atoms with Crippen LogP contribution in [0.1, 0.15) is 102 Å². The lowest BCUT2D eigenvalue weighted by molar-refractivity contribution is 0.469. The minimum Gasteiger partial charge on any atom is -0.507 e. The topological polar surface area (TPSA) is 40.5 Å². The quantitative estimate of drug-likeness (QED) is 0.178. The zero-order valence-corrected chi connectivity index (χ0v) is 31.4. The maximum Gasteiger partial charge on any atom is 0.134 e. The van der Waals surface area contributed by atoms with Crippen molar-refractivity contribution in [2.75, 3.05) is 0 Å². The number of benzene rings is 4. The summed E-state index contributed by atoms with van der Waals surface area (Å²) in [5.41, 5.74) is 2.24. The monoisotopic (exact) mass is 724 g/mol. The fourth-order valence-corrected chi connectivity index (χ4v) is 9.62. The van der Waals surface area contributed by atoms with Crippen LogP contribution < -0.4 is 0 Å². The number of rotatable bonds is 8. The van der Waals surface area contributed by atoms with Gasteiger partial charge in [-0.25, -0.2) is 17.6 Å². The van der Waals surface area contributed by atoms with Crippen molar-refractivity contribution >= 4 is 23.5 Å². The van der Waals surface area contributed by atoms with E-state index >= 15 is 0 Å². The average Bonchev–Trinajstić information content (AvgIpc) is 3.01. The molecule has 8 heteroatoms. The Morgan fingerprint density at radius 3 is 1.22 bits per heavy atom. The first-order chi connectivity index (χ1) is 23.6. The van der Waals surface area contributed by atoms with Gasteiger partial charge in [0, 0.05) is 44.3 Å². The molecule has 0 spiro atoms. The Kier molecular flexibility index (Phi) is 11.9. The van der Waals surface area contributed by atoms with Crippen molar-refractivity contribution in [3.05, 3.63) is 106 Å². The first kappa shape index (κ1) is 38.1. The zero-order valence-electron chi connectivity index (χ0n) is 29.8. The molecular formula is C42H48F4O2S2. The van der Waals surface area contributed by atoms with Crippen LogP contribution >= 0.6 is 23.5 Å². The molecule has 1 fully saturated rings. The van der Waals surface area contributed by atoms with Crippen LogP contribution in [0.5, 0.6) is 11.5 Å². The molecule has 0 unspecified atom stereocenters. The smallest absolute Gasteiger partial charge is 0.134 e. The van der Waals surface area contributed by atoms with Gasteiger partial charge in [-0.1, -0.05) is 91.5 Å². The van der Waals surface area contributed by atoms with Crippen molar-refractivity contribution in [2.24, 2.45) is 0 Å². The van der Waals surface area contributed by atoms with Crippen molar-refractivity contribution in [1.29, 1.82) is 0 Å². The van der Waals surface area contributed by atoms with E-state index < -0.39 is 23.3 Å². The molecule has 5 rings (SSSR count). The number of halogens is 4. The van der Waals surface area contributed by atoms with Crippen LogP contribution in [0.25, 0.3) is 22.3 Å². The van der Waals surface area contributed by atoms with Crippen LogP contribution in [0.4, 0.5) is 17.6 Å². The highest BCUT2D eigenvalue weighted by Crippen LogP contribution is 2.45. The minimum absolute atomic E-state index is 0.110. The molecule has 0 radical (unpaired) electrons. The molecule has 0 amide bonds. The van der Waals surface area contributed by atoms with E-state index in [0.29, 0.717) is 22.6 Å². The van der Waals surface area contributed by atoms with Crippen LogP contribution in [0, 0.1) is 23.3 Å². The molecule has 0 aromatic heterocycles. The lowest BCUT2D eigenvalue weighted by Gasteiger charge is -2.30. The second-order valence-corrected chi connectivity index (χ2v) is 17.9. The van der Waals surface area contributed by atoms with Gasteiger partial charge in [0.15, 0.2) is 0 Å². The second kappa shape index (κ2) is 15.6. The first-order valence-corrected chi connectivity index (χ1v) is 19.5. The first-order valence-electron chi connectivity index (χ1n) is 17.4. The molecule has 268 valence electrons. The molecule has 1 aliphatic carbocycles. The maximum atomic E-state index is 15.0. The van der Waals surface area contributed by atoms with E-state index in [9.17, 15) is 27.8 Å². The molecule has 0 saturated heterocycles. The van der Waals surface area contributed by atoms with Gasteiger partial charge in [0.05, 0.1) is 11.1 Å². The molecule has 2 atom stereocenters. The predicted octanol–water partition coefficient (Wildman–Crippen LogP) is 12.8. The summed E-state index contributed by atoms with van der Waals surface area (Å²) >= 11 is 3.50. The van der Waals surface area contributed by atoms with Crippen molar-refractivity contribution in [2.45, 2.75) is 113 Å². The Morgan fingerprint density at radius 1 is 0.560 bits per heavy atom. The van der Waals surface area contributed by atoms with Crippen molar-refractivity contribution in [1.82, 2.24) is 0 Å². The lowest BCUT2D eigenvalue weighted by Crippen LogP contribution is -2.22. The predicted molar refractivity (Wildman–Crippen MR) is 202 cm³/mol. The molecule has 4 aromatic carbocycles. The summed E-state index contributed by atoms with van der Waals surface area (Å²) in [6.45, 7) is 12.2. The summed E-state index contributed by atoms with van der Waals surface area (Å²) in [5.74, 6) is -2.18. The molecular weight excluding hydrogens is 677 g/mol. The third-order valence-corrected chi connectivity index (χ3v) is 12.7. The van der Waals surface area contributed by atoms with Gasteiger partial charge in [-0.05, 0) is 71.2 Å². The Labute approximate surface area is 303 Å². The summed E-state index contributed by atoms with van der Waals surface area (Å²) < 4.78 is 59.9. The Morgan fingerprint density at radius 2 is 0.900 bits per heavy atom. The number of phenols is 2. The van der Waals surface area contributed by atoms with E-state index in [1.54, 1.807) is 35.7 Å². The molecule has 0 aliphatic heterocycles. The van der Waals surface area contributed by atoms with E-state index in [-0.39, 0.29) is 55.1 Å². The average molecular weight is 725 g/mol. The standard InChI is InChI=1S/C42H48F4O2S2/c1-41(2,3)27-19-25(39(47)29(21-27)37-31(43)13-11-14-32(37)44)23-49-35-17-9-7-8-10-18-36(35)50-24-26-20-28(42(4,5)6)22-30(40(26)48)38-33(45)15-12-16-34(38)46/h11-16,19-22,35-36,47-48H,7-10,17-18,23-24H2,1-6H3/t35-,36-/m0/s1. The van der Waals surface area contributed by atoms with Gasteiger partial charge in [-0.3, -0.25) is 0 Å². The van der Waals surface area contributed by atoms with Gasteiger partial charge in [0.25, 0.3) is 0 Å². The lowest BCUT2D eigenvalue weighted by atomic mass is 9.83. The van der Waals surface area contributed by atoms with E-state index in [0.717, 1.165) is 49.7 Å². The van der Waals surface area contributed by atoms with Crippen molar-refractivity contribution in [3.63, 3.8) is 0 Å². The number of aromatic hydroxyl groups is 2. The number of hydrogen-bond donors (Lipinski definition) is 2. The minimum atomic E-state index is -0.721. The van der Waals surface area contributed by atoms with Gasteiger partial charge >= 0.3 is 0 Å². The summed E-state index contributed by atoms with van der Waals surface area (Å²) in [6.07, 6.45) is 6.35. The Hall–Kier alpha value is -3.10. The molecule has 0 bridgehead atoms. The summed E-state index contributed by atoms with van der Waals surface area (Å²) in [5, 5.41) is 23.4. The van der Waals surface area contributed by atoms with Crippen LogP contribution in [-0.4, -0.2) is 20.7 Å². The van der Waals surface area contributed by atoms with Crippen LogP contribution in [0.3, 0.4) is 0 Å². The van der Waals surface area contributed by atoms with Gasteiger partial charge in [-0.2, -0.15) is 23.5 Å². The SMILES string of the molecule is CC(C)(C)c1cc(CS[C@H]2CCCCCC[C@@H]2SCc2cc(C(C)(C)C)cc(-c3c(F)cccc3F)c2O)c(O)c(-c2c(F)cccc2F)c1. The van der Waals surface area contributed by atoms with E-state index in [1.165, 1.54) is 36.4 Å². The van der Waals surface area contributed by atoms with Gasteiger partial charge in [-0.15, -0.1) is 0 Å². The molecule has 2 nitrogen and oxygen atoms in total.